The van der Waals surface area contributed by atoms with Gasteiger partial charge in [-0.3, -0.25) is 4.79 Å². The third kappa shape index (κ3) is 1.76. The number of rotatable bonds is 2. The Morgan fingerprint density at radius 1 is 1.89 bits per heavy atom. The zero-order valence-corrected chi connectivity index (χ0v) is 6.70. The van der Waals surface area contributed by atoms with Crippen LogP contribution in [-0.2, 0) is 4.79 Å². The molecule has 0 saturated carbocycles. The molecule has 48 valence electrons. The van der Waals surface area contributed by atoms with Gasteiger partial charge < -0.3 is 5.32 Å². The van der Waals surface area contributed by atoms with E-state index in [1.54, 1.807) is 6.20 Å². The van der Waals surface area contributed by atoms with E-state index in [0.29, 0.717) is 6.41 Å². The van der Waals surface area contributed by atoms with E-state index in [9.17, 15) is 4.79 Å². The minimum absolute atomic E-state index is 0.625. The van der Waals surface area contributed by atoms with E-state index in [2.05, 4.69) is 26.2 Å². The van der Waals surface area contributed by atoms with Crippen LogP contribution in [0.4, 0.5) is 5.00 Å². The van der Waals surface area contributed by atoms with Gasteiger partial charge in [0.25, 0.3) is 0 Å². The minimum Gasteiger partial charge on any atom is -0.319 e. The second kappa shape index (κ2) is 2.93. The van der Waals surface area contributed by atoms with E-state index < -0.39 is 0 Å². The lowest BCUT2D eigenvalue weighted by atomic mass is 10.8. The smallest absolute Gasteiger partial charge is 0.212 e. The Morgan fingerprint density at radius 2 is 2.67 bits per heavy atom. The lowest BCUT2D eigenvalue weighted by Crippen LogP contribution is -1.88. The van der Waals surface area contributed by atoms with E-state index >= 15 is 0 Å². The number of thiazole rings is 1. The molecular weight excluding hydrogens is 204 g/mol. The molecule has 1 heterocycles. The first-order valence-corrected chi connectivity index (χ1v) is 3.75. The predicted molar refractivity (Wildman–Crippen MR) is 39.5 cm³/mol. The molecule has 0 spiro atoms. The summed E-state index contributed by atoms with van der Waals surface area (Å²) in [5.74, 6) is 0. The molecule has 9 heavy (non-hydrogen) atoms. The van der Waals surface area contributed by atoms with Gasteiger partial charge in [-0.15, -0.1) is 0 Å². The predicted octanol–water partition coefficient (Wildman–Crippen LogP) is 1.47. The van der Waals surface area contributed by atoms with Gasteiger partial charge in [-0.05, 0) is 15.9 Å². The highest BCUT2D eigenvalue weighted by atomic mass is 79.9. The largest absolute Gasteiger partial charge is 0.319 e. The molecule has 1 aromatic rings. The standard InChI is InChI=1S/C4H3BrN2OS/c5-4-6-1-3(9-4)7-2-8/h1-2H,(H,7,8). The van der Waals surface area contributed by atoms with Crippen LogP contribution in [0.2, 0.25) is 0 Å². The summed E-state index contributed by atoms with van der Waals surface area (Å²) >= 11 is 4.53. The van der Waals surface area contributed by atoms with Crippen molar-refractivity contribution in [1.82, 2.24) is 4.98 Å². The van der Waals surface area contributed by atoms with Crippen LogP contribution < -0.4 is 5.32 Å². The number of amides is 1. The summed E-state index contributed by atoms with van der Waals surface area (Å²) in [6.07, 6.45) is 2.21. The van der Waals surface area contributed by atoms with Gasteiger partial charge in [0, 0.05) is 0 Å². The molecule has 0 atom stereocenters. The Labute approximate surface area is 64.2 Å². The van der Waals surface area contributed by atoms with Crippen LogP contribution in [0.1, 0.15) is 0 Å². The zero-order chi connectivity index (χ0) is 6.69. The van der Waals surface area contributed by atoms with Crippen LogP contribution in [0.15, 0.2) is 10.1 Å². The fraction of sp³-hybridized carbons (Fsp3) is 0. The summed E-state index contributed by atoms with van der Waals surface area (Å²) in [4.78, 5) is 13.7. The topological polar surface area (TPSA) is 42.0 Å². The molecule has 0 bridgehead atoms. The third-order valence-corrected chi connectivity index (χ3v) is 2.09. The van der Waals surface area contributed by atoms with Crippen molar-refractivity contribution < 1.29 is 4.79 Å². The first-order valence-electron chi connectivity index (χ1n) is 2.14. The van der Waals surface area contributed by atoms with Crippen molar-refractivity contribution >= 4 is 38.7 Å². The van der Waals surface area contributed by atoms with Crippen molar-refractivity contribution in [1.29, 1.82) is 0 Å². The number of hydrogen-bond acceptors (Lipinski definition) is 3. The van der Waals surface area contributed by atoms with E-state index in [1.165, 1.54) is 11.3 Å². The van der Waals surface area contributed by atoms with Crippen LogP contribution in [0.3, 0.4) is 0 Å². The number of carbonyl (C=O) groups excluding carboxylic acids is 1. The van der Waals surface area contributed by atoms with Crippen LogP contribution in [0, 0.1) is 0 Å². The highest BCUT2D eigenvalue weighted by Crippen LogP contribution is 2.22. The van der Waals surface area contributed by atoms with Gasteiger partial charge >= 0.3 is 0 Å². The number of hydrogen-bond donors (Lipinski definition) is 1. The lowest BCUT2D eigenvalue weighted by molar-refractivity contribution is -0.105. The molecule has 1 aromatic heterocycles. The van der Waals surface area contributed by atoms with Gasteiger partial charge in [0.2, 0.25) is 6.41 Å². The number of nitrogens with one attached hydrogen (secondary N) is 1. The third-order valence-electron chi connectivity index (χ3n) is 0.679. The molecule has 1 rings (SSSR count). The van der Waals surface area contributed by atoms with Gasteiger partial charge in [0.15, 0.2) is 3.92 Å². The number of anilines is 1. The summed E-state index contributed by atoms with van der Waals surface area (Å²) in [6.45, 7) is 0. The number of aromatic nitrogens is 1. The molecule has 0 aliphatic rings. The summed E-state index contributed by atoms with van der Waals surface area (Å²) in [6, 6.07) is 0. The van der Waals surface area contributed by atoms with Gasteiger partial charge in [0.05, 0.1) is 6.20 Å². The maximum absolute atomic E-state index is 9.84. The number of nitrogens with zero attached hydrogens (tertiary/aromatic N) is 1. The summed E-state index contributed by atoms with van der Waals surface area (Å²) in [7, 11) is 0. The molecule has 0 radical (unpaired) electrons. The van der Waals surface area contributed by atoms with Crippen molar-refractivity contribution in [3.05, 3.63) is 10.1 Å². The first-order chi connectivity index (χ1) is 4.33. The molecule has 0 aromatic carbocycles. The van der Waals surface area contributed by atoms with Gasteiger partial charge in [-0.1, -0.05) is 11.3 Å². The molecule has 0 fully saturated rings. The maximum atomic E-state index is 9.84. The summed E-state index contributed by atoms with van der Waals surface area (Å²) < 4.78 is 0.770. The molecule has 3 nitrogen and oxygen atoms in total. The Hall–Kier alpha value is -0.420. The van der Waals surface area contributed by atoms with Gasteiger partial charge in [-0.25, -0.2) is 4.98 Å². The van der Waals surface area contributed by atoms with Crippen molar-refractivity contribution in [2.75, 3.05) is 5.32 Å². The van der Waals surface area contributed by atoms with Crippen molar-refractivity contribution in [3.8, 4) is 0 Å². The molecule has 5 heteroatoms. The first kappa shape index (κ1) is 6.70. The molecule has 0 aliphatic carbocycles. The van der Waals surface area contributed by atoms with E-state index in [4.69, 9.17) is 0 Å². The Kier molecular flexibility index (Phi) is 2.18. The highest BCUT2D eigenvalue weighted by molar-refractivity contribution is 9.11. The van der Waals surface area contributed by atoms with E-state index in [1.807, 2.05) is 0 Å². The van der Waals surface area contributed by atoms with E-state index in [-0.39, 0.29) is 0 Å². The monoisotopic (exact) mass is 206 g/mol. The maximum Gasteiger partial charge on any atom is 0.212 e. The van der Waals surface area contributed by atoms with Gasteiger partial charge in [-0.2, -0.15) is 0 Å². The van der Waals surface area contributed by atoms with Crippen molar-refractivity contribution in [2.24, 2.45) is 0 Å². The minimum atomic E-state index is 0.625. The van der Waals surface area contributed by atoms with Crippen molar-refractivity contribution in [3.63, 3.8) is 0 Å². The molecule has 0 aliphatic heterocycles. The van der Waals surface area contributed by atoms with Crippen LogP contribution in [-0.4, -0.2) is 11.4 Å². The van der Waals surface area contributed by atoms with Crippen LogP contribution >= 0.6 is 27.3 Å². The second-order valence-corrected chi connectivity index (χ2v) is 3.55. The summed E-state index contributed by atoms with van der Waals surface area (Å²) in [5, 5.41) is 3.22. The second-order valence-electron chi connectivity index (χ2n) is 1.24. The lowest BCUT2D eigenvalue weighted by Gasteiger charge is -1.83. The Balaban J connectivity index is 2.72. The highest BCUT2D eigenvalue weighted by Gasteiger charge is 1.94. The molecular formula is C4H3BrN2OS. The van der Waals surface area contributed by atoms with Crippen LogP contribution in [0.5, 0.6) is 0 Å². The van der Waals surface area contributed by atoms with E-state index in [0.717, 1.165) is 8.92 Å². The quantitative estimate of drug-likeness (QED) is 0.746. The Morgan fingerprint density at radius 3 is 3.11 bits per heavy atom. The molecule has 0 unspecified atom stereocenters. The fourth-order valence-corrected chi connectivity index (χ4v) is 1.50. The Bertz CT molecular complexity index is 212. The van der Waals surface area contributed by atoms with Crippen LogP contribution in [0.25, 0.3) is 0 Å². The molecule has 1 N–H and O–H groups in total. The zero-order valence-electron chi connectivity index (χ0n) is 4.30. The number of halogens is 1. The van der Waals surface area contributed by atoms with Crippen molar-refractivity contribution in [2.45, 2.75) is 0 Å². The molecule has 0 saturated heterocycles. The average molecular weight is 207 g/mol. The SMILES string of the molecule is O=CNc1cnc(Br)s1. The summed E-state index contributed by atoms with van der Waals surface area (Å²) in [5.41, 5.74) is 0. The normalized spacial score (nSPS) is 9.00. The average Bonchev–Trinajstić information content (AvgIpc) is 2.17. The fourth-order valence-electron chi connectivity index (χ4n) is 0.378. The van der Waals surface area contributed by atoms with Gasteiger partial charge in [0.1, 0.15) is 5.00 Å². The molecule has 1 amide bonds. The number of carbonyl (C=O) groups is 1.